The van der Waals surface area contributed by atoms with Gasteiger partial charge in [0.2, 0.25) is 0 Å². The van der Waals surface area contributed by atoms with E-state index in [9.17, 15) is 24.3 Å². The minimum atomic E-state index is -4.17. The van der Waals surface area contributed by atoms with E-state index in [-0.39, 0.29) is 24.5 Å². The van der Waals surface area contributed by atoms with Gasteiger partial charge in [0.1, 0.15) is 0 Å². The summed E-state index contributed by atoms with van der Waals surface area (Å²) >= 11 is 0. The van der Waals surface area contributed by atoms with Crippen molar-refractivity contribution in [3.8, 4) is 0 Å². The molecule has 1 rings (SSSR count). The fourth-order valence-electron chi connectivity index (χ4n) is 1.61. The molecule has 0 spiro atoms. The summed E-state index contributed by atoms with van der Waals surface area (Å²) in [7, 11) is -4.17. The van der Waals surface area contributed by atoms with Gasteiger partial charge in [0.05, 0.1) is 23.7 Å². The van der Waals surface area contributed by atoms with E-state index in [2.05, 4.69) is 9.99 Å². The van der Waals surface area contributed by atoms with Gasteiger partial charge >= 0.3 is 13.6 Å². The summed E-state index contributed by atoms with van der Waals surface area (Å²) < 4.78 is 22.3. The van der Waals surface area contributed by atoms with Crippen LogP contribution in [-0.2, 0) is 23.2 Å². The van der Waals surface area contributed by atoms with Crippen LogP contribution in [-0.4, -0.2) is 35.5 Å². The van der Waals surface area contributed by atoms with E-state index in [1.807, 2.05) is 0 Å². The van der Waals surface area contributed by atoms with E-state index in [0.29, 0.717) is 0 Å². The fraction of sp³-hybridized carbons (Fsp3) is 0.308. The number of nitrogens with zero attached hydrogens (tertiary/aromatic N) is 2. The molecule has 0 aliphatic carbocycles. The van der Waals surface area contributed by atoms with Crippen LogP contribution in [0.5, 0.6) is 0 Å². The Bertz CT molecular complexity index is 739. The summed E-state index contributed by atoms with van der Waals surface area (Å²) in [4.78, 5) is 37.9. The molecule has 0 unspecified atom stereocenters. The highest BCUT2D eigenvalue weighted by atomic mass is 31.2. The molecule has 11 nitrogen and oxygen atoms in total. The second kappa shape index (κ2) is 9.02. The fourth-order valence-corrected chi connectivity index (χ4v) is 3.02. The molecule has 12 heteroatoms. The first-order valence-electron chi connectivity index (χ1n) is 6.98. The third-order valence-electron chi connectivity index (χ3n) is 2.59. The zero-order chi connectivity index (χ0) is 19.0. The Hall–Kier alpha value is -2.62. The minimum Gasteiger partial charge on any atom is -0.364 e. The third-order valence-corrected chi connectivity index (χ3v) is 4.60. The van der Waals surface area contributed by atoms with Gasteiger partial charge < -0.3 is 19.6 Å². The largest absolute Gasteiger partial charge is 0.388 e. The van der Waals surface area contributed by atoms with Crippen LogP contribution in [0.3, 0.4) is 0 Å². The molecule has 1 aromatic carbocycles. The summed E-state index contributed by atoms with van der Waals surface area (Å²) in [5, 5.41) is 13.9. The number of rotatable bonds is 9. The summed E-state index contributed by atoms with van der Waals surface area (Å²) in [6.07, 6.45) is 0. The molecule has 1 amide bonds. The van der Waals surface area contributed by atoms with Gasteiger partial charge in [0.15, 0.2) is 0 Å². The number of carbonyl (C=O) groups excluding carboxylic acids is 2. The maximum atomic E-state index is 12.5. The molecule has 0 saturated heterocycles. The normalized spacial score (nSPS) is 11.8. The van der Waals surface area contributed by atoms with E-state index in [1.54, 1.807) is 0 Å². The molecule has 1 aromatic rings. The molecule has 0 aromatic heterocycles. The summed E-state index contributed by atoms with van der Waals surface area (Å²) in [5.41, 5.74) is 3.65. The van der Waals surface area contributed by atoms with E-state index in [4.69, 9.17) is 14.8 Å². The molecule has 25 heavy (non-hydrogen) atoms. The van der Waals surface area contributed by atoms with Crippen molar-refractivity contribution < 1.29 is 33.0 Å². The molecule has 2 N–H and O–H groups in total. The van der Waals surface area contributed by atoms with E-state index in [1.165, 1.54) is 32.0 Å². The Morgan fingerprint density at radius 2 is 1.88 bits per heavy atom. The number of amides is 1. The highest BCUT2D eigenvalue weighted by Crippen LogP contribution is 2.49. The average molecular weight is 373 g/mol. The molecular formula is C13H16N3O8P. The summed E-state index contributed by atoms with van der Waals surface area (Å²) in [5.74, 6) is -2.39. The van der Waals surface area contributed by atoms with Gasteiger partial charge in [0.25, 0.3) is 17.0 Å². The number of carbonyl (C=O) groups is 2. The van der Waals surface area contributed by atoms with Gasteiger partial charge in [-0.3, -0.25) is 19.5 Å². The van der Waals surface area contributed by atoms with Crippen LogP contribution in [0.25, 0.3) is 0 Å². The lowest BCUT2D eigenvalue weighted by Crippen LogP contribution is -2.26. The van der Waals surface area contributed by atoms with Crippen LogP contribution in [0, 0.1) is 10.1 Å². The van der Waals surface area contributed by atoms with Crippen molar-refractivity contribution in [2.24, 2.45) is 10.9 Å². The maximum Gasteiger partial charge on any atom is 0.388 e. The maximum absolute atomic E-state index is 12.5. The SMILES string of the molecule is CCOP(=O)(OCC)/C(=N/OC(=O)c1cccc([N+](=O)[O-])c1)C(N)=O. The predicted molar refractivity (Wildman–Crippen MR) is 86.0 cm³/mol. The van der Waals surface area contributed by atoms with Crippen molar-refractivity contribution in [2.45, 2.75) is 13.8 Å². The van der Waals surface area contributed by atoms with Crippen LogP contribution in [0.4, 0.5) is 5.69 Å². The number of nitro benzene ring substituents is 1. The van der Waals surface area contributed by atoms with Crippen LogP contribution in [0.1, 0.15) is 24.2 Å². The second-order valence-corrected chi connectivity index (χ2v) is 6.23. The second-order valence-electron chi connectivity index (χ2n) is 4.30. The van der Waals surface area contributed by atoms with Gasteiger partial charge in [-0.1, -0.05) is 11.2 Å². The molecule has 0 heterocycles. The van der Waals surface area contributed by atoms with Crippen LogP contribution < -0.4 is 5.73 Å². The standard InChI is InChI=1S/C13H16N3O8P/c1-3-22-25(21,23-4-2)12(11(14)17)15-24-13(18)9-6-5-7-10(8-9)16(19)20/h5-8H,3-4H2,1-2H3,(H2,14,17)/b15-12+. The first-order chi connectivity index (χ1) is 11.7. The van der Waals surface area contributed by atoms with Crippen molar-refractivity contribution in [1.82, 2.24) is 0 Å². The Morgan fingerprint density at radius 3 is 2.36 bits per heavy atom. The minimum absolute atomic E-state index is 0.0809. The Balaban J connectivity index is 3.10. The molecule has 0 bridgehead atoms. The van der Waals surface area contributed by atoms with Crippen LogP contribution >= 0.6 is 7.60 Å². The van der Waals surface area contributed by atoms with E-state index in [0.717, 1.165) is 6.07 Å². The zero-order valence-corrected chi connectivity index (χ0v) is 14.3. The number of benzene rings is 1. The monoisotopic (exact) mass is 373 g/mol. The Morgan fingerprint density at radius 1 is 1.28 bits per heavy atom. The molecule has 0 radical (unpaired) electrons. The number of non-ortho nitro benzene ring substituents is 1. The van der Waals surface area contributed by atoms with Gasteiger partial charge in [-0.05, 0) is 19.9 Å². The van der Waals surface area contributed by atoms with Crippen molar-refractivity contribution in [2.75, 3.05) is 13.2 Å². The molecule has 136 valence electrons. The number of nitro groups is 1. The van der Waals surface area contributed by atoms with Gasteiger partial charge in [-0.2, -0.15) is 0 Å². The number of hydrogen-bond acceptors (Lipinski definition) is 9. The molecule has 0 aliphatic rings. The summed E-state index contributed by atoms with van der Waals surface area (Å²) in [6, 6.07) is 4.62. The number of primary amides is 1. The first kappa shape index (κ1) is 20.4. The predicted octanol–water partition coefficient (Wildman–Crippen LogP) is 1.82. The zero-order valence-electron chi connectivity index (χ0n) is 13.4. The molecular weight excluding hydrogens is 357 g/mol. The Labute approximate surface area is 142 Å². The molecule has 0 fully saturated rings. The van der Waals surface area contributed by atoms with Crippen molar-refractivity contribution >= 4 is 30.6 Å². The van der Waals surface area contributed by atoms with Crippen molar-refractivity contribution in [3.05, 3.63) is 39.9 Å². The smallest absolute Gasteiger partial charge is 0.364 e. The topological polar surface area (TPSA) is 160 Å². The molecule has 0 saturated carbocycles. The third kappa shape index (κ3) is 5.45. The lowest BCUT2D eigenvalue weighted by molar-refractivity contribution is -0.384. The summed E-state index contributed by atoms with van der Waals surface area (Å²) in [6.45, 7) is 2.84. The average Bonchev–Trinajstić information content (AvgIpc) is 2.55. The van der Waals surface area contributed by atoms with Gasteiger partial charge in [0, 0.05) is 12.1 Å². The highest BCUT2D eigenvalue weighted by Gasteiger charge is 2.37. The first-order valence-corrected chi connectivity index (χ1v) is 8.52. The highest BCUT2D eigenvalue weighted by molar-refractivity contribution is 7.75. The number of nitrogens with two attached hydrogens (primary N) is 1. The Kier molecular flexibility index (Phi) is 7.37. The molecule has 0 atom stereocenters. The van der Waals surface area contributed by atoms with Crippen LogP contribution in [0.15, 0.2) is 29.4 Å². The number of hydrogen-bond donors (Lipinski definition) is 1. The van der Waals surface area contributed by atoms with Crippen LogP contribution in [0.2, 0.25) is 0 Å². The van der Waals surface area contributed by atoms with E-state index < -0.39 is 29.8 Å². The van der Waals surface area contributed by atoms with E-state index >= 15 is 0 Å². The van der Waals surface area contributed by atoms with Crippen molar-refractivity contribution in [3.63, 3.8) is 0 Å². The lowest BCUT2D eigenvalue weighted by atomic mass is 10.2. The van der Waals surface area contributed by atoms with Gasteiger partial charge in [-0.25, -0.2) is 4.79 Å². The van der Waals surface area contributed by atoms with Crippen molar-refractivity contribution in [1.29, 1.82) is 0 Å². The lowest BCUT2D eigenvalue weighted by Gasteiger charge is -2.16. The van der Waals surface area contributed by atoms with Gasteiger partial charge in [-0.15, -0.1) is 0 Å². The molecule has 0 aliphatic heterocycles. The number of oxime groups is 1. The quantitative estimate of drug-likeness (QED) is 0.225.